The van der Waals surface area contributed by atoms with Crippen LogP contribution in [0.3, 0.4) is 0 Å². The summed E-state index contributed by atoms with van der Waals surface area (Å²) in [7, 11) is 1.52. The van der Waals surface area contributed by atoms with Crippen molar-refractivity contribution in [2.75, 3.05) is 31.0 Å². The van der Waals surface area contributed by atoms with Gasteiger partial charge in [0, 0.05) is 41.5 Å². The molecule has 10 heteroatoms. The maximum atomic E-state index is 12.6. The molecule has 3 aromatic rings. The first kappa shape index (κ1) is 21.1. The molecule has 0 aliphatic rings. The maximum absolute atomic E-state index is 12.6. The molecule has 2 heterocycles. The molecule has 3 rings (SSSR count). The lowest BCUT2D eigenvalue weighted by Gasteiger charge is -2.12. The summed E-state index contributed by atoms with van der Waals surface area (Å²) in [6.45, 7) is 4.06. The average molecular weight is 413 g/mol. The van der Waals surface area contributed by atoms with Crippen LogP contribution in [-0.4, -0.2) is 46.9 Å². The third kappa shape index (κ3) is 5.03. The molecule has 2 aromatic heterocycles. The molecular formula is C20H23N5O5. The molecule has 0 fully saturated rings. The Labute approximate surface area is 172 Å². The molecule has 3 N–H and O–H groups in total. The van der Waals surface area contributed by atoms with E-state index in [2.05, 4.69) is 20.7 Å². The van der Waals surface area contributed by atoms with Crippen molar-refractivity contribution >= 4 is 29.0 Å². The summed E-state index contributed by atoms with van der Waals surface area (Å²) in [5, 5.41) is 8.06. The van der Waals surface area contributed by atoms with E-state index in [9.17, 15) is 14.4 Å². The van der Waals surface area contributed by atoms with Gasteiger partial charge in [0.25, 0.3) is 5.56 Å². The second-order valence-electron chi connectivity index (χ2n) is 6.63. The fourth-order valence-corrected chi connectivity index (χ4v) is 3.02. The zero-order valence-corrected chi connectivity index (χ0v) is 16.9. The number of aromatic nitrogens is 3. The smallest absolute Gasteiger partial charge is 0.411 e. The van der Waals surface area contributed by atoms with E-state index in [1.54, 1.807) is 35.7 Å². The molecule has 0 saturated carbocycles. The minimum atomic E-state index is -0.609. The summed E-state index contributed by atoms with van der Waals surface area (Å²) in [6, 6.07) is 8.13. The lowest BCUT2D eigenvalue weighted by Crippen LogP contribution is -2.18. The summed E-state index contributed by atoms with van der Waals surface area (Å²) in [5.41, 5.74) is 3.40. The van der Waals surface area contributed by atoms with E-state index in [1.165, 1.54) is 13.2 Å². The van der Waals surface area contributed by atoms with Crippen LogP contribution < -0.4 is 16.2 Å². The fourth-order valence-electron chi connectivity index (χ4n) is 3.02. The van der Waals surface area contributed by atoms with Gasteiger partial charge in [0.05, 0.1) is 13.0 Å². The number of aromatic amines is 1. The first-order chi connectivity index (χ1) is 14.4. The monoisotopic (exact) mass is 413 g/mol. The SMILES string of the molecule is COCCOC(=O)Nc1cccc(NC(=O)Cc2c(C)nc3cc(=O)[nH]n3c2C)c1. The van der Waals surface area contributed by atoms with Crippen molar-refractivity contribution in [3.63, 3.8) is 0 Å². The number of ether oxygens (including phenoxy) is 2. The normalized spacial score (nSPS) is 10.8. The molecule has 0 atom stereocenters. The van der Waals surface area contributed by atoms with E-state index in [0.29, 0.717) is 29.3 Å². The van der Waals surface area contributed by atoms with Crippen LogP contribution in [0.4, 0.5) is 16.2 Å². The molecule has 0 radical (unpaired) electrons. The van der Waals surface area contributed by atoms with Crippen molar-refractivity contribution < 1.29 is 19.1 Å². The van der Waals surface area contributed by atoms with Crippen LogP contribution in [0.1, 0.15) is 17.0 Å². The molecule has 10 nitrogen and oxygen atoms in total. The zero-order chi connectivity index (χ0) is 21.7. The number of hydrogen-bond acceptors (Lipinski definition) is 6. The first-order valence-corrected chi connectivity index (χ1v) is 9.28. The topological polar surface area (TPSA) is 127 Å². The molecule has 0 spiro atoms. The van der Waals surface area contributed by atoms with Crippen LogP contribution in [0.5, 0.6) is 0 Å². The standard InChI is InChI=1S/C20H23N5O5/c1-12-16(13(2)25-17(21-12)11-19(27)24-25)10-18(26)22-14-5-4-6-15(9-14)23-20(28)30-8-7-29-3/h4-6,9,11H,7-8,10H2,1-3H3,(H,22,26)(H,23,28)(H,24,27). The van der Waals surface area contributed by atoms with E-state index < -0.39 is 6.09 Å². The van der Waals surface area contributed by atoms with Gasteiger partial charge in [0.15, 0.2) is 5.65 Å². The van der Waals surface area contributed by atoms with Crippen LogP contribution in [0.25, 0.3) is 5.65 Å². The number of H-pyrrole nitrogens is 1. The molecular weight excluding hydrogens is 390 g/mol. The highest BCUT2D eigenvalue weighted by molar-refractivity contribution is 5.94. The number of nitrogens with one attached hydrogen (secondary N) is 3. The van der Waals surface area contributed by atoms with Crippen molar-refractivity contribution in [3.05, 3.63) is 57.6 Å². The van der Waals surface area contributed by atoms with E-state index in [1.807, 2.05) is 6.92 Å². The fraction of sp³-hybridized carbons (Fsp3) is 0.300. The first-order valence-electron chi connectivity index (χ1n) is 9.28. The van der Waals surface area contributed by atoms with Gasteiger partial charge < -0.3 is 14.8 Å². The Morgan fingerprint density at radius 3 is 2.60 bits per heavy atom. The van der Waals surface area contributed by atoms with Crippen LogP contribution in [0, 0.1) is 13.8 Å². The molecule has 0 unspecified atom stereocenters. The number of amides is 2. The van der Waals surface area contributed by atoms with Gasteiger partial charge in [-0.1, -0.05) is 6.07 Å². The van der Waals surface area contributed by atoms with E-state index in [-0.39, 0.29) is 24.5 Å². The molecule has 2 amide bonds. The lowest BCUT2D eigenvalue weighted by atomic mass is 10.1. The van der Waals surface area contributed by atoms with Gasteiger partial charge in [-0.15, -0.1) is 0 Å². The van der Waals surface area contributed by atoms with Crippen LogP contribution in [-0.2, 0) is 20.7 Å². The predicted octanol–water partition coefficient (Wildman–Crippen LogP) is 2.02. The van der Waals surface area contributed by atoms with Gasteiger partial charge in [0.1, 0.15) is 6.61 Å². The van der Waals surface area contributed by atoms with Gasteiger partial charge in [0.2, 0.25) is 5.91 Å². The summed E-state index contributed by atoms with van der Waals surface area (Å²) < 4.78 is 11.3. The van der Waals surface area contributed by atoms with Crippen LogP contribution in [0.15, 0.2) is 35.1 Å². The highest BCUT2D eigenvalue weighted by atomic mass is 16.6. The summed E-state index contributed by atoms with van der Waals surface area (Å²) in [5.74, 6) is -0.253. The Balaban J connectivity index is 1.67. The van der Waals surface area contributed by atoms with Crippen molar-refractivity contribution in [2.24, 2.45) is 0 Å². The zero-order valence-electron chi connectivity index (χ0n) is 16.9. The highest BCUT2D eigenvalue weighted by Crippen LogP contribution is 2.18. The number of methoxy groups -OCH3 is 1. The van der Waals surface area contributed by atoms with Crippen LogP contribution >= 0.6 is 0 Å². The highest BCUT2D eigenvalue weighted by Gasteiger charge is 2.14. The molecule has 0 saturated heterocycles. The molecule has 1 aromatic carbocycles. The van der Waals surface area contributed by atoms with Crippen molar-refractivity contribution in [2.45, 2.75) is 20.3 Å². The number of anilines is 2. The minimum Gasteiger partial charge on any atom is -0.447 e. The molecule has 0 bridgehead atoms. The van der Waals surface area contributed by atoms with E-state index >= 15 is 0 Å². The van der Waals surface area contributed by atoms with Gasteiger partial charge in [-0.3, -0.25) is 20.0 Å². The minimum absolute atomic E-state index is 0.0809. The molecule has 158 valence electrons. The summed E-state index contributed by atoms with van der Waals surface area (Å²) in [6.07, 6.45) is -0.528. The van der Waals surface area contributed by atoms with Gasteiger partial charge in [-0.25, -0.2) is 14.3 Å². The number of rotatable bonds is 7. The van der Waals surface area contributed by atoms with Crippen molar-refractivity contribution in [3.8, 4) is 0 Å². The molecule has 30 heavy (non-hydrogen) atoms. The predicted molar refractivity (Wildman–Crippen MR) is 111 cm³/mol. The number of fused-ring (bicyclic) bond motifs is 1. The second-order valence-corrected chi connectivity index (χ2v) is 6.63. The van der Waals surface area contributed by atoms with Crippen molar-refractivity contribution in [1.82, 2.24) is 14.6 Å². The molecule has 0 aliphatic carbocycles. The van der Waals surface area contributed by atoms with E-state index in [4.69, 9.17) is 9.47 Å². The summed E-state index contributed by atoms with van der Waals surface area (Å²) >= 11 is 0. The maximum Gasteiger partial charge on any atom is 0.411 e. The number of aryl methyl sites for hydroxylation is 2. The van der Waals surface area contributed by atoms with Crippen LogP contribution in [0.2, 0.25) is 0 Å². The van der Waals surface area contributed by atoms with Crippen molar-refractivity contribution in [1.29, 1.82) is 0 Å². The Hall–Kier alpha value is -3.66. The average Bonchev–Trinajstić information content (AvgIpc) is 3.06. The summed E-state index contributed by atoms with van der Waals surface area (Å²) in [4.78, 5) is 40.3. The Bertz CT molecular complexity index is 1130. The lowest BCUT2D eigenvalue weighted by molar-refractivity contribution is -0.115. The third-order valence-electron chi connectivity index (χ3n) is 4.45. The quantitative estimate of drug-likeness (QED) is 0.509. The number of carbonyl (C=O) groups excluding carboxylic acids is 2. The Morgan fingerprint density at radius 1 is 1.13 bits per heavy atom. The van der Waals surface area contributed by atoms with Gasteiger partial charge >= 0.3 is 6.09 Å². The van der Waals surface area contributed by atoms with Gasteiger partial charge in [-0.2, -0.15) is 0 Å². The number of nitrogens with zero attached hydrogens (tertiary/aromatic N) is 2. The van der Waals surface area contributed by atoms with E-state index in [0.717, 1.165) is 11.3 Å². The number of carbonyl (C=O) groups is 2. The van der Waals surface area contributed by atoms with Gasteiger partial charge in [-0.05, 0) is 32.0 Å². The number of benzene rings is 1. The number of hydrogen-bond donors (Lipinski definition) is 3. The Kier molecular flexibility index (Phi) is 6.48. The largest absolute Gasteiger partial charge is 0.447 e. The molecule has 0 aliphatic heterocycles. The second kappa shape index (κ2) is 9.23. The Morgan fingerprint density at radius 2 is 1.87 bits per heavy atom. The third-order valence-corrected chi connectivity index (χ3v) is 4.45.